The minimum absolute atomic E-state index is 0.305. The van der Waals surface area contributed by atoms with Gasteiger partial charge < -0.3 is 5.32 Å². The van der Waals surface area contributed by atoms with Gasteiger partial charge in [0.15, 0.2) is 0 Å². The molecule has 1 aliphatic heterocycles. The number of likely N-dealkylation sites (tertiary alicyclic amines) is 1. The van der Waals surface area contributed by atoms with E-state index >= 15 is 0 Å². The van der Waals surface area contributed by atoms with E-state index in [2.05, 4.69) is 25.5 Å². The van der Waals surface area contributed by atoms with Crippen LogP contribution in [0.4, 0.5) is 5.69 Å². The molecular weight excluding hydrogens is 476 g/mol. The lowest BCUT2D eigenvalue weighted by Crippen LogP contribution is -2.38. The van der Waals surface area contributed by atoms with Gasteiger partial charge in [-0.15, -0.1) is 11.3 Å². The predicted molar refractivity (Wildman–Crippen MR) is 142 cm³/mol. The van der Waals surface area contributed by atoms with Crippen molar-refractivity contribution in [1.82, 2.24) is 24.8 Å². The van der Waals surface area contributed by atoms with E-state index < -0.39 is 11.9 Å². The van der Waals surface area contributed by atoms with Crippen LogP contribution in [0.1, 0.15) is 67.2 Å². The SMILES string of the molecule is CCCC(C(=O)NC=O)n1c(C)nc2cccc(NCc3ncc(CN4CCCCCC4)s3)c2c1=O. The zero-order valence-electron chi connectivity index (χ0n) is 21.0. The lowest BCUT2D eigenvalue weighted by Gasteiger charge is -2.20. The molecule has 2 aromatic heterocycles. The average Bonchev–Trinajstić information content (AvgIpc) is 3.14. The third-order valence-corrected chi connectivity index (χ3v) is 7.58. The number of rotatable bonds is 10. The van der Waals surface area contributed by atoms with Crippen molar-refractivity contribution in [2.24, 2.45) is 0 Å². The second-order valence-electron chi connectivity index (χ2n) is 9.23. The van der Waals surface area contributed by atoms with Crippen LogP contribution < -0.4 is 16.2 Å². The molecule has 3 heterocycles. The summed E-state index contributed by atoms with van der Waals surface area (Å²) in [6, 6.07) is 4.69. The van der Waals surface area contributed by atoms with Crippen LogP contribution in [0.2, 0.25) is 0 Å². The van der Waals surface area contributed by atoms with Crippen LogP contribution in [-0.2, 0) is 22.7 Å². The van der Waals surface area contributed by atoms with E-state index in [0.717, 1.165) is 24.6 Å². The normalized spacial score (nSPS) is 15.4. The van der Waals surface area contributed by atoms with Crippen molar-refractivity contribution in [1.29, 1.82) is 0 Å². The molecule has 10 heteroatoms. The van der Waals surface area contributed by atoms with E-state index in [9.17, 15) is 14.4 Å². The maximum Gasteiger partial charge on any atom is 0.264 e. The number of imide groups is 1. The first kappa shape index (κ1) is 26.0. The van der Waals surface area contributed by atoms with Gasteiger partial charge >= 0.3 is 0 Å². The molecule has 0 spiro atoms. The van der Waals surface area contributed by atoms with E-state index in [-0.39, 0.29) is 5.56 Å². The molecule has 1 fully saturated rings. The molecule has 0 aliphatic carbocycles. The van der Waals surface area contributed by atoms with Gasteiger partial charge in [0, 0.05) is 23.3 Å². The minimum Gasteiger partial charge on any atom is -0.378 e. The number of thiazole rings is 1. The Morgan fingerprint density at radius 1 is 1.22 bits per heavy atom. The molecule has 0 saturated carbocycles. The molecule has 4 rings (SSSR count). The summed E-state index contributed by atoms with van der Waals surface area (Å²) in [5.74, 6) is -0.0782. The zero-order valence-corrected chi connectivity index (χ0v) is 21.8. The molecule has 0 bridgehead atoms. The highest BCUT2D eigenvalue weighted by Crippen LogP contribution is 2.24. The second-order valence-corrected chi connectivity index (χ2v) is 10.4. The highest BCUT2D eigenvalue weighted by Gasteiger charge is 2.24. The number of amides is 2. The summed E-state index contributed by atoms with van der Waals surface area (Å²) in [6.07, 6.45) is 8.54. The standard InChI is InChI=1S/C26H34N6O3S/c1-3-9-22(25(34)29-17-33)32-18(2)30-21-11-8-10-20(24(21)26(32)35)27-15-23-28-14-19(36-23)16-31-12-6-4-5-7-13-31/h8,10-11,14,17,22,27H,3-7,9,12-13,15-16H2,1-2H3,(H,29,33,34). The maximum atomic E-state index is 13.7. The number of carbonyl (C=O) groups excluding carboxylic acids is 2. The summed E-state index contributed by atoms with van der Waals surface area (Å²) in [5, 5.41) is 6.93. The second kappa shape index (κ2) is 12.2. The Morgan fingerprint density at radius 2 is 2.00 bits per heavy atom. The molecule has 36 heavy (non-hydrogen) atoms. The molecule has 1 aliphatic rings. The van der Waals surface area contributed by atoms with Crippen molar-refractivity contribution in [3.63, 3.8) is 0 Å². The lowest BCUT2D eigenvalue weighted by atomic mass is 10.1. The van der Waals surface area contributed by atoms with Crippen molar-refractivity contribution < 1.29 is 9.59 Å². The van der Waals surface area contributed by atoms with Crippen molar-refractivity contribution in [3.05, 3.63) is 50.5 Å². The monoisotopic (exact) mass is 510 g/mol. The Balaban J connectivity index is 1.57. The van der Waals surface area contributed by atoms with Crippen molar-refractivity contribution in [2.75, 3.05) is 18.4 Å². The van der Waals surface area contributed by atoms with E-state index in [0.29, 0.717) is 48.2 Å². The molecule has 2 amide bonds. The fraction of sp³-hybridized carbons (Fsp3) is 0.500. The van der Waals surface area contributed by atoms with Crippen LogP contribution in [0.3, 0.4) is 0 Å². The minimum atomic E-state index is -0.807. The van der Waals surface area contributed by atoms with Crippen molar-refractivity contribution in [3.8, 4) is 0 Å². The summed E-state index contributed by atoms with van der Waals surface area (Å²) in [4.78, 5) is 50.1. The molecule has 1 aromatic carbocycles. The molecule has 1 unspecified atom stereocenters. The fourth-order valence-electron chi connectivity index (χ4n) is 4.86. The number of benzene rings is 1. The van der Waals surface area contributed by atoms with Gasteiger partial charge in [-0.25, -0.2) is 9.97 Å². The number of aromatic nitrogens is 3. The third kappa shape index (κ3) is 5.99. The van der Waals surface area contributed by atoms with E-state index in [4.69, 9.17) is 0 Å². The molecule has 2 N–H and O–H groups in total. The van der Waals surface area contributed by atoms with Gasteiger partial charge in [-0.1, -0.05) is 32.3 Å². The number of anilines is 1. The zero-order chi connectivity index (χ0) is 25.5. The van der Waals surface area contributed by atoms with Crippen LogP contribution in [-0.4, -0.2) is 44.8 Å². The Bertz CT molecular complexity index is 1260. The summed E-state index contributed by atoms with van der Waals surface area (Å²) in [5.41, 5.74) is 0.904. The van der Waals surface area contributed by atoms with Crippen molar-refractivity contribution in [2.45, 2.75) is 71.5 Å². The van der Waals surface area contributed by atoms with Gasteiger partial charge in [0.05, 0.1) is 17.4 Å². The average molecular weight is 511 g/mol. The highest BCUT2D eigenvalue weighted by molar-refractivity contribution is 7.11. The fourth-order valence-corrected chi connectivity index (χ4v) is 5.77. The van der Waals surface area contributed by atoms with E-state index in [1.165, 1.54) is 35.1 Å². The highest BCUT2D eigenvalue weighted by atomic mass is 32.1. The number of hydrogen-bond donors (Lipinski definition) is 2. The Morgan fingerprint density at radius 3 is 2.72 bits per heavy atom. The first-order valence-electron chi connectivity index (χ1n) is 12.7. The number of aryl methyl sites for hydroxylation is 1. The number of carbonyl (C=O) groups is 2. The topological polar surface area (TPSA) is 109 Å². The van der Waals surface area contributed by atoms with E-state index in [1.807, 2.05) is 25.3 Å². The summed E-state index contributed by atoms with van der Waals surface area (Å²) in [7, 11) is 0. The van der Waals surface area contributed by atoms with Crippen LogP contribution >= 0.6 is 11.3 Å². The predicted octanol–water partition coefficient (Wildman–Crippen LogP) is 3.76. The van der Waals surface area contributed by atoms with Gasteiger partial charge in [-0.2, -0.15) is 0 Å². The van der Waals surface area contributed by atoms with Gasteiger partial charge in [0.1, 0.15) is 16.9 Å². The first-order valence-corrected chi connectivity index (χ1v) is 13.5. The smallest absolute Gasteiger partial charge is 0.264 e. The van der Waals surface area contributed by atoms with Gasteiger partial charge in [0.25, 0.3) is 5.56 Å². The molecule has 192 valence electrons. The van der Waals surface area contributed by atoms with Crippen LogP contribution in [0.15, 0.2) is 29.2 Å². The lowest BCUT2D eigenvalue weighted by molar-refractivity contribution is -0.128. The molecular formula is C26H34N6O3S. The number of nitrogens with one attached hydrogen (secondary N) is 2. The van der Waals surface area contributed by atoms with Crippen LogP contribution in [0.5, 0.6) is 0 Å². The number of hydrogen-bond acceptors (Lipinski definition) is 8. The summed E-state index contributed by atoms with van der Waals surface area (Å²) in [6.45, 7) is 7.34. The van der Waals surface area contributed by atoms with Crippen LogP contribution in [0, 0.1) is 6.92 Å². The Labute approximate surface area is 214 Å². The Kier molecular flexibility index (Phi) is 8.82. The number of nitrogens with zero attached hydrogens (tertiary/aromatic N) is 4. The molecule has 0 radical (unpaired) electrons. The third-order valence-electron chi connectivity index (χ3n) is 6.59. The largest absolute Gasteiger partial charge is 0.378 e. The number of fused-ring (bicyclic) bond motifs is 1. The summed E-state index contributed by atoms with van der Waals surface area (Å²) < 4.78 is 1.40. The molecule has 1 atom stereocenters. The quantitative estimate of drug-likeness (QED) is 0.400. The molecule has 3 aromatic rings. The van der Waals surface area contributed by atoms with Crippen LogP contribution in [0.25, 0.3) is 10.9 Å². The molecule has 9 nitrogen and oxygen atoms in total. The van der Waals surface area contributed by atoms with Crippen molar-refractivity contribution >= 4 is 40.2 Å². The maximum absolute atomic E-state index is 13.7. The summed E-state index contributed by atoms with van der Waals surface area (Å²) >= 11 is 1.69. The molecule has 1 saturated heterocycles. The first-order chi connectivity index (χ1) is 17.5. The van der Waals surface area contributed by atoms with Gasteiger partial charge in [0.2, 0.25) is 12.3 Å². The van der Waals surface area contributed by atoms with Gasteiger partial charge in [-0.05, 0) is 51.4 Å². The van der Waals surface area contributed by atoms with Gasteiger partial charge in [-0.3, -0.25) is 29.2 Å². The van der Waals surface area contributed by atoms with E-state index in [1.54, 1.807) is 24.3 Å². The Hall–Kier alpha value is -3.11.